The molecule has 1 amide bonds. The van der Waals surface area contributed by atoms with Gasteiger partial charge in [-0.3, -0.25) is 10.2 Å². The zero-order valence-electron chi connectivity index (χ0n) is 16.6. The van der Waals surface area contributed by atoms with E-state index < -0.39 is 6.04 Å². The van der Waals surface area contributed by atoms with E-state index in [4.69, 9.17) is 10.2 Å². The second-order valence-corrected chi connectivity index (χ2v) is 8.11. The molecule has 154 valence electrons. The van der Waals surface area contributed by atoms with Crippen LogP contribution in [-0.2, 0) is 4.79 Å². The summed E-state index contributed by atoms with van der Waals surface area (Å²) in [5, 5.41) is 19.1. The van der Waals surface area contributed by atoms with Gasteiger partial charge in [-0.15, -0.1) is 11.3 Å². The quantitative estimate of drug-likeness (QED) is 0.653. The number of hydrogen-bond acceptors (Lipinski definition) is 9. The summed E-state index contributed by atoms with van der Waals surface area (Å²) in [5.41, 5.74) is 5.00. The first-order chi connectivity index (χ1) is 15.2. The largest absolute Gasteiger partial charge is 0.320 e. The minimum atomic E-state index is -0.423. The van der Waals surface area contributed by atoms with E-state index in [-0.39, 0.29) is 17.9 Å². The molecule has 0 spiro atoms. The third-order valence-corrected chi connectivity index (χ3v) is 6.23. The fraction of sp³-hybridized carbons (Fsp3) is 0.238. The highest BCUT2D eigenvalue weighted by Gasteiger charge is 2.37. The van der Waals surface area contributed by atoms with Gasteiger partial charge in [-0.1, -0.05) is 6.92 Å². The molecule has 10 heteroatoms. The number of aromatic nitrogens is 3. The van der Waals surface area contributed by atoms with E-state index in [1.54, 1.807) is 42.1 Å². The molecule has 0 bridgehead atoms. The summed E-state index contributed by atoms with van der Waals surface area (Å²) in [6, 6.07) is 8.71. The van der Waals surface area contributed by atoms with E-state index in [2.05, 4.69) is 31.9 Å². The molecule has 31 heavy (non-hydrogen) atoms. The number of hydrogen-bond donors (Lipinski definition) is 2. The van der Waals surface area contributed by atoms with Crippen LogP contribution in [0.15, 0.2) is 47.1 Å². The Kier molecular flexibility index (Phi) is 4.80. The molecule has 1 aromatic carbocycles. The number of fused-ring (bicyclic) bond motifs is 1. The van der Waals surface area contributed by atoms with Gasteiger partial charge in [0, 0.05) is 23.5 Å². The second kappa shape index (κ2) is 7.77. The van der Waals surface area contributed by atoms with Gasteiger partial charge in [0.2, 0.25) is 5.91 Å². The van der Waals surface area contributed by atoms with Crippen LogP contribution >= 0.6 is 11.3 Å². The van der Waals surface area contributed by atoms with Crippen molar-refractivity contribution in [2.75, 3.05) is 10.2 Å². The van der Waals surface area contributed by atoms with Gasteiger partial charge in [0.25, 0.3) is 0 Å². The summed E-state index contributed by atoms with van der Waals surface area (Å²) in [6.45, 7) is 1.96. The van der Waals surface area contributed by atoms with Crippen molar-refractivity contribution in [1.82, 2.24) is 20.4 Å². The van der Waals surface area contributed by atoms with Gasteiger partial charge in [0.15, 0.2) is 5.82 Å². The van der Waals surface area contributed by atoms with E-state index in [1.807, 2.05) is 29.3 Å². The Morgan fingerprint density at radius 2 is 2.10 bits per heavy atom. The minimum absolute atomic E-state index is 0.111. The Bertz CT molecular complexity index is 1190. The molecule has 0 saturated heterocycles. The molecule has 0 saturated carbocycles. The molecule has 2 aliphatic heterocycles. The number of rotatable bonds is 4. The molecule has 2 N–H and O–H groups in total. The van der Waals surface area contributed by atoms with Gasteiger partial charge in [-0.25, -0.2) is 15.0 Å². The van der Waals surface area contributed by atoms with Crippen LogP contribution < -0.4 is 15.6 Å². The van der Waals surface area contributed by atoms with Crippen LogP contribution in [0.2, 0.25) is 0 Å². The maximum absolute atomic E-state index is 12.7. The zero-order valence-corrected chi connectivity index (χ0v) is 17.4. The molecule has 3 aromatic rings. The fourth-order valence-corrected chi connectivity index (χ4v) is 4.58. The first-order valence-electron chi connectivity index (χ1n) is 9.85. The topological polar surface area (TPSA) is 119 Å². The predicted octanol–water partition coefficient (Wildman–Crippen LogP) is 3.09. The monoisotopic (exact) mass is 430 g/mol. The number of anilines is 3. The van der Waals surface area contributed by atoms with Crippen molar-refractivity contribution >= 4 is 40.7 Å². The maximum atomic E-state index is 12.7. The van der Waals surface area contributed by atoms with Crippen molar-refractivity contribution in [2.45, 2.75) is 31.3 Å². The number of hydrazone groups is 1. The van der Waals surface area contributed by atoms with Crippen LogP contribution in [0.3, 0.4) is 0 Å². The number of nitriles is 1. The van der Waals surface area contributed by atoms with Gasteiger partial charge in [-0.05, 0) is 30.7 Å². The molecule has 0 aliphatic carbocycles. The molecule has 2 aromatic heterocycles. The first-order valence-corrected chi connectivity index (χ1v) is 10.7. The Morgan fingerprint density at radius 1 is 1.26 bits per heavy atom. The van der Waals surface area contributed by atoms with Gasteiger partial charge in [-0.2, -0.15) is 10.4 Å². The van der Waals surface area contributed by atoms with E-state index in [1.165, 1.54) is 0 Å². The average molecular weight is 430 g/mol. The lowest BCUT2D eigenvalue weighted by Crippen LogP contribution is -2.45. The summed E-state index contributed by atoms with van der Waals surface area (Å²) >= 11 is 1.55. The van der Waals surface area contributed by atoms with Crippen LogP contribution in [0.4, 0.5) is 17.2 Å². The van der Waals surface area contributed by atoms with Crippen molar-refractivity contribution < 1.29 is 4.79 Å². The molecular formula is C21H18N8OS. The Morgan fingerprint density at radius 3 is 2.81 bits per heavy atom. The Balaban J connectivity index is 1.58. The Labute approximate surface area is 182 Å². The maximum Gasteiger partial charge on any atom is 0.247 e. The van der Waals surface area contributed by atoms with Crippen LogP contribution in [-0.4, -0.2) is 33.1 Å². The number of benzene rings is 1. The normalized spacial score (nSPS) is 21.9. The SMILES string of the molecule is CCC1C(=O)Nc2cnc(C3C=NNC3c3nccs3)nc2N1c1ccc(C#N)cc1. The highest BCUT2D eigenvalue weighted by molar-refractivity contribution is 7.09. The van der Waals surface area contributed by atoms with Gasteiger partial charge < -0.3 is 10.2 Å². The average Bonchev–Trinajstić information content (AvgIpc) is 3.50. The van der Waals surface area contributed by atoms with E-state index in [9.17, 15) is 4.79 Å². The highest BCUT2D eigenvalue weighted by atomic mass is 32.1. The Hall–Kier alpha value is -3.84. The minimum Gasteiger partial charge on any atom is -0.320 e. The summed E-state index contributed by atoms with van der Waals surface area (Å²) in [4.78, 5) is 28.5. The van der Waals surface area contributed by atoms with E-state index in [0.29, 0.717) is 29.3 Å². The van der Waals surface area contributed by atoms with Gasteiger partial charge >= 0.3 is 0 Å². The van der Waals surface area contributed by atoms with Gasteiger partial charge in [0.05, 0.1) is 23.7 Å². The summed E-state index contributed by atoms with van der Waals surface area (Å²) in [5.74, 6) is 0.925. The van der Waals surface area contributed by atoms with Crippen LogP contribution in [0, 0.1) is 11.3 Å². The molecule has 0 fully saturated rings. The molecule has 4 heterocycles. The van der Waals surface area contributed by atoms with Gasteiger partial charge in [0.1, 0.15) is 28.6 Å². The first kappa shape index (κ1) is 19.1. The number of carbonyl (C=O) groups is 1. The standard InChI is InChI=1S/C21H18N8OS/c1-2-16-20(30)26-15-11-24-18(14-10-25-28-17(14)21-23-7-8-31-21)27-19(15)29(16)13-5-3-12(9-22)4-6-13/h3-8,10-11,14,16-17,28H,2H2,1H3,(H,26,30). The number of nitrogens with one attached hydrogen (secondary N) is 2. The molecule has 2 aliphatic rings. The molecule has 0 radical (unpaired) electrons. The van der Waals surface area contributed by atoms with Crippen molar-refractivity contribution in [3.05, 3.63) is 58.4 Å². The summed E-state index contributed by atoms with van der Waals surface area (Å²) < 4.78 is 0. The van der Waals surface area contributed by atoms with Crippen LogP contribution in [0.25, 0.3) is 0 Å². The molecule has 3 unspecified atom stereocenters. The van der Waals surface area contributed by atoms with Crippen molar-refractivity contribution in [2.24, 2.45) is 5.10 Å². The smallest absolute Gasteiger partial charge is 0.247 e. The van der Waals surface area contributed by atoms with E-state index >= 15 is 0 Å². The number of thiazole rings is 1. The molecule has 3 atom stereocenters. The number of nitrogens with zero attached hydrogens (tertiary/aromatic N) is 6. The van der Waals surface area contributed by atoms with Crippen molar-refractivity contribution in [3.8, 4) is 6.07 Å². The highest BCUT2D eigenvalue weighted by Crippen LogP contribution is 2.39. The molecule has 5 rings (SSSR count). The fourth-order valence-electron chi connectivity index (χ4n) is 3.85. The van der Waals surface area contributed by atoms with Crippen molar-refractivity contribution in [3.63, 3.8) is 0 Å². The van der Waals surface area contributed by atoms with E-state index in [0.717, 1.165) is 10.7 Å². The predicted molar refractivity (Wildman–Crippen MR) is 117 cm³/mol. The number of amides is 1. The second-order valence-electron chi connectivity index (χ2n) is 7.19. The number of carbonyl (C=O) groups excluding carboxylic acids is 1. The lowest BCUT2D eigenvalue weighted by Gasteiger charge is -2.36. The summed E-state index contributed by atoms with van der Waals surface area (Å²) in [6.07, 6.45) is 5.79. The van der Waals surface area contributed by atoms with Crippen LogP contribution in [0.1, 0.15) is 41.7 Å². The lowest BCUT2D eigenvalue weighted by molar-refractivity contribution is -0.117. The zero-order chi connectivity index (χ0) is 21.4. The third-order valence-electron chi connectivity index (χ3n) is 5.37. The third kappa shape index (κ3) is 3.29. The summed E-state index contributed by atoms with van der Waals surface area (Å²) in [7, 11) is 0. The van der Waals surface area contributed by atoms with Crippen LogP contribution in [0.5, 0.6) is 0 Å². The molecule has 9 nitrogen and oxygen atoms in total. The lowest BCUT2D eigenvalue weighted by atomic mass is 10.0. The molecular weight excluding hydrogens is 412 g/mol. The van der Waals surface area contributed by atoms with Crippen molar-refractivity contribution in [1.29, 1.82) is 5.26 Å².